The number of aromatic nitrogens is 7. The lowest BCUT2D eigenvalue weighted by atomic mass is 10.0. The maximum atomic E-state index is 14.9. The molecule has 0 aliphatic carbocycles. The van der Waals surface area contributed by atoms with E-state index in [4.69, 9.17) is 9.47 Å². The topological polar surface area (TPSA) is 109 Å². The number of rotatable bonds is 7. The molecule has 0 spiro atoms. The molecule has 0 aliphatic rings. The minimum absolute atomic E-state index is 0.0825. The molecule has 0 unspecified atom stereocenters. The first kappa shape index (κ1) is 22.1. The lowest BCUT2D eigenvalue weighted by Crippen LogP contribution is -2.13. The number of ether oxygens (including phenoxy) is 2. The van der Waals surface area contributed by atoms with Gasteiger partial charge in [0.05, 0.1) is 32.3 Å². The van der Waals surface area contributed by atoms with Gasteiger partial charge in [0.15, 0.2) is 17.3 Å². The molecular weight excluding hydrogens is 453 g/mol. The van der Waals surface area contributed by atoms with Crippen LogP contribution in [0.4, 0.5) is 4.39 Å². The van der Waals surface area contributed by atoms with Crippen LogP contribution in [0.25, 0.3) is 28.3 Å². The van der Waals surface area contributed by atoms with Crippen LogP contribution < -0.4 is 9.47 Å². The first-order chi connectivity index (χ1) is 17.0. The average molecular weight is 473 g/mol. The third-order valence-electron chi connectivity index (χ3n) is 5.44. The second-order valence-electron chi connectivity index (χ2n) is 7.66. The van der Waals surface area contributed by atoms with Crippen molar-refractivity contribution in [3.63, 3.8) is 0 Å². The summed E-state index contributed by atoms with van der Waals surface area (Å²) in [7, 11) is 4.53. The van der Waals surface area contributed by atoms with Crippen LogP contribution >= 0.6 is 0 Å². The second kappa shape index (κ2) is 8.93. The highest BCUT2D eigenvalue weighted by atomic mass is 19.1. The van der Waals surface area contributed by atoms with Gasteiger partial charge in [0.2, 0.25) is 5.88 Å². The van der Waals surface area contributed by atoms with Gasteiger partial charge in [-0.3, -0.25) is 9.48 Å². The zero-order valence-corrected chi connectivity index (χ0v) is 19.1. The van der Waals surface area contributed by atoms with Crippen molar-refractivity contribution in [2.24, 2.45) is 7.05 Å². The van der Waals surface area contributed by atoms with Crippen LogP contribution in [0, 0.1) is 5.82 Å². The minimum Gasteiger partial charge on any atom is -0.481 e. The van der Waals surface area contributed by atoms with Gasteiger partial charge in [-0.1, -0.05) is 30.3 Å². The van der Waals surface area contributed by atoms with Crippen molar-refractivity contribution in [1.82, 2.24) is 34.3 Å². The third kappa shape index (κ3) is 4.19. The van der Waals surface area contributed by atoms with E-state index in [0.717, 1.165) is 5.56 Å². The van der Waals surface area contributed by atoms with Gasteiger partial charge in [-0.2, -0.15) is 15.1 Å². The molecule has 0 saturated heterocycles. The number of hydrogen-bond acceptors (Lipinski definition) is 8. The monoisotopic (exact) mass is 473 g/mol. The van der Waals surface area contributed by atoms with E-state index in [0.29, 0.717) is 22.7 Å². The van der Waals surface area contributed by atoms with E-state index in [1.807, 2.05) is 30.3 Å². The Kier molecular flexibility index (Phi) is 5.65. The summed E-state index contributed by atoms with van der Waals surface area (Å²) in [6, 6.07) is 12.6. The van der Waals surface area contributed by atoms with Crippen LogP contribution in [0.5, 0.6) is 11.9 Å². The number of halogens is 1. The zero-order chi connectivity index (χ0) is 24.5. The molecule has 4 heterocycles. The van der Waals surface area contributed by atoms with Gasteiger partial charge in [-0.05, 0) is 6.07 Å². The molecule has 11 heteroatoms. The van der Waals surface area contributed by atoms with Crippen LogP contribution in [0.15, 0.2) is 54.9 Å². The molecule has 0 aliphatic heterocycles. The van der Waals surface area contributed by atoms with Crippen LogP contribution in [0.1, 0.15) is 16.1 Å². The number of pyridine rings is 1. The average Bonchev–Trinajstić information content (AvgIpc) is 3.47. The molecule has 1 aromatic carbocycles. The maximum absolute atomic E-state index is 14.9. The SMILES string of the molecule is COc1cc(-c2cnn(C)c2C(=O)Cc2cc3nc(-c4ccccc4)nn3cc2F)nc(OC)n1. The molecule has 0 saturated carbocycles. The Morgan fingerprint density at radius 2 is 1.86 bits per heavy atom. The molecule has 5 rings (SSSR count). The van der Waals surface area contributed by atoms with Crippen molar-refractivity contribution < 1.29 is 18.7 Å². The van der Waals surface area contributed by atoms with E-state index >= 15 is 0 Å². The van der Waals surface area contributed by atoms with Crippen LogP contribution in [0.3, 0.4) is 0 Å². The first-order valence-corrected chi connectivity index (χ1v) is 10.6. The number of carbonyl (C=O) groups is 1. The van der Waals surface area contributed by atoms with E-state index in [-0.39, 0.29) is 35.4 Å². The number of aryl methyl sites for hydroxylation is 1. The highest BCUT2D eigenvalue weighted by Crippen LogP contribution is 2.27. The number of nitrogens with zero attached hydrogens (tertiary/aromatic N) is 7. The molecule has 0 N–H and O–H groups in total. The van der Waals surface area contributed by atoms with Gasteiger partial charge in [-0.15, -0.1) is 5.10 Å². The quantitative estimate of drug-likeness (QED) is 0.332. The van der Waals surface area contributed by atoms with Gasteiger partial charge in [0, 0.05) is 36.2 Å². The Balaban J connectivity index is 1.49. The fraction of sp³-hybridized carbons (Fsp3) is 0.167. The summed E-state index contributed by atoms with van der Waals surface area (Å²) in [6.45, 7) is 0. The highest BCUT2D eigenvalue weighted by Gasteiger charge is 2.23. The van der Waals surface area contributed by atoms with Gasteiger partial charge in [0.1, 0.15) is 11.5 Å². The maximum Gasteiger partial charge on any atom is 0.320 e. The summed E-state index contributed by atoms with van der Waals surface area (Å²) in [6.07, 6.45) is 2.53. The first-order valence-electron chi connectivity index (χ1n) is 10.6. The summed E-state index contributed by atoms with van der Waals surface area (Å²) in [4.78, 5) is 26.2. The Morgan fingerprint density at radius 3 is 2.60 bits per heavy atom. The van der Waals surface area contributed by atoms with E-state index < -0.39 is 5.82 Å². The van der Waals surface area contributed by atoms with Gasteiger partial charge in [-0.25, -0.2) is 13.9 Å². The summed E-state index contributed by atoms with van der Waals surface area (Å²) >= 11 is 0. The summed E-state index contributed by atoms with van der Waals surface area (Å²) < 4.78 is 28.1. The summed E-state index contributed by atoms with van der Waals surface area (Å²) in [5, 5.41) is 8.55. The molecule has 10 nitrogen and oxygen atoms in total. The fourth-order valence-electron chi connectivity index (χ4n) is 3.74. The molecule has 5 aromatic rings. The number of carbonyl (C=O) groups excluding carboxylic acids is 1. The molecule has 35 heavy (non-hydrogen) atoms. The Morgan fingerprint density at radius 1 is 1.06 bits per heavy atom. The molecule has 0 fully saturated rings. The molecule has 0 radical (unpaired) electrons. The number of Topliss-reactive ketones (excluding diaryl/α,β-unsaturated/α-hetero) is 1. The molecule has 176 valence electrons. The van der Waals surface area contributed by atoms with Crippen LogP contribution in [-0.4, -0.2) is 54.3 Å². The molecule has 0 amide bonds. The van der Waals surface area contributed by atoms with Crippen molar-refractivity contribution in [3.05, 3.63) is 71.9 Å². The second-order valence-corrected chi connectivity index (χ2v) is 7.66. The van der Waals surface area contributed by atoms with Crippen LogP contribution in [0.2, 0.25) is 0 Å². The highest BCUT2D eigenvalue weighted by molar-refractivity contribution is 6.01. The zero-order valence-electron chi connectivity index (χ0n) is 19.1. The fourth-order valence-corrected chi connectivity index (χ4v) is 3.74. The largest absolute Gasteiger partial charge is 0.481 e. The van der Waals surface area contributed by atoms with E-state index in [1.165, 1.54) is 41.9 Å². The Labute approximate surface area is 199 Å². The Bertz CT molecular complexity index is 1520. The normalized spacial score (nSPS) is 11.1. The van der Waals surface area contributed by atoms with Crippen molar-refractivity contribution >= 4 is 11.4 Å². The number of hydrogen-bond donors (Lipinski definition) is 0. The summed E-state index contributed by atoms with van der Waals surface area (Å²) in [5.41, 5.74) is 2.55. The summed E-state index contributed by atoms with van der Waals surface area (Å²) in [5.74, 6) is -0.173. The minimum atomic E-state index is -0.565. The Hall–Kier alpha value is -4.67. The molecule has 0 atom stereocenters. The number of methoxy groups -OCH3 is 2. The third-order valence-corrected chi connectivity index (χ3v) is 5.44. The lowest BCUT2D eigenvalue weighted by molar-refractivity contribution is 0.0983. The predicted octanol–water partition coefficient (Wildman–Crippen LogP) is 3.17. The number of fused-ring (bicyclic) bond motifs is 1. The van der Waals surface area contributed by atoms with Gasteiger partial charge < -0.3 is 9.47 Å². The molecule has 0 bridgehead atoms. The predicted molar refractivity (Wildman–Crippen MR) is 124 cm³/mol. The van der Waals surface area contributed by atoms with Crippen LogP contribution in [-0.2, 0) is 13.5 Å². The van der Waals surface area contributed by atoms with E-state index in [1.54, 1.807) is 13.1 Å². The van der Waals surface area contributed by atoms with Gasteiger partial charge >= 0.3 is 6.01 Å². The lowest BCUT2D eigenvalue weighted by Gasteiger charge is -2.08. The molecule has 4 aromatic heterocycles. The molecular formula is C24H20FN7O3. The van der Waals surface area contributed by atoms with Crippen molar-refractivity contribution in [2.45, 2.75) is 6.42 Å². The van der Waals surface area contributed by atoms with E-state index in [9.17, 15) is 9.18 Å². The van der Waals surface area contributed by atoms with Crippen molar-refractivity contribution in [3.8, 4) is 34.5 Å². The van der Waals surface area contributed by atoms with Crippen molar-refractivity contribution in [1.29, 1.82) is 0 Å². The van der Waals surface area contributed by atoms with E-state index in [2.05, 4.69) is 25.1 Å². The standard InChI is InChI=1S/C24H20FN7O3/c1-31-22(16(12-26-31)18-11-21(34-2)29-24(27-18)35-3)19(33)9-15-10-20-28-23(14-7-5-4-6-8-14)30-32(20)13-17(15)25/h4-8,10-13H,9H2,1-3H3. The van der Waals surface area contributed by atoms with Gasteiger partial charge in [0.25, 0.3) is 0 Å². The van der Waals surface area contributed by atoms with Crippen molar-refractivity contribution in [2.75, 3.05) is 14.2 Å². The smallest absolute Gasteiger partial charge is 0.320 e. The number of benzene rings is 1. The number of ketones is 1.